The molecule has 2 aliphatic heterocycles. The van der Waals surface area contributed by atoms with Crippen molar-refractivity contribution >= 4 is 0 Å². The van der Waals surface area contributed by atoms with Gasteiger partial charge in [0.15, 0.2) is 23.0 Å². The van der Waals surface area contributed by atoms with Gasteiger partial charge in [-0.25, -0.2) is 0 Å². The first-order valence-electron chi connectivity index (χ1n) is 8.67. The van der Waals surface area contributed by atoms with Gasteiger partial charge in [-0.05, 0) is 36.1 Å². The van der Waals surface area contributed by atoms with Crippen LogP contribution in [0.2, 0.25) is 0 Å². The van der Waals surface area contributed by atoms with Gasteiger partial charge in [-0.1, -0.05) is 6.07 Å². The summed E-state index contributed by atoms with van der Waals surface area (Å²) in [5.41, 5.74) is 3.97. The summed E-state index contributed by atoms with van der Waals surface area (Å²) < 4.78 is 16.0. The summed E-state index contributed by atoms with van der Waals surface area (Å²) in [5, 5.41) is 21.4. The Kier molecular flexibility index (Phi) is 4.07. The second-order valence-electron chi connectivity index (χ2n) is 6.73. The van der Waals surface area contributed by atoms with Crippen LogP contribution in [0, 0.1) is 0 Å². The lowest BCUT2D eigenvalue weighted by molar-refractivity contribution is 0.153. The smallest absolute Gasteiger partial charge is 0.203 e. The lowest BCUT2D eigenvalue weighted by atomic mass is 9.83. The van der Waals surface area contributed by atoms with Gasteiger partial charge in [-0.15, -0.1) is 0 Å². The van der Waals surface area contributed by atoms with Gasteiger partial charge in [0.1, 0.15) is 0 Å². The molecule has 0 amide bonds. The number of methoxy groups -OCH3 is 3. The fourth-order valence-corrected chi connectivity index (χ4v) is 4.24. The number of ether oxygens (including phenoxy) is 3. The van der Waals surface area contributed by atoms with Crippen molar-refractivity contribution in [2.75, 3.05) is 27.9 Å². The zero-order chi connectivity index (χ0) is 18.4. The van der Waals surface area contributed by atoms with Crippen molar-refractivity contribution in [2.24, 2.45) is 0 Å². The molecule has 0 aromatic heterocycles. The van der Waals surface area contributed by atoms with Crippen LogP contribution < -0.4 is 14.2 Å². The number of phenolic OH excluding ortho intramolecular Hbond substituents is 2. The molecule has 0 bridgehead atoms. The fraction of sp³-hybridized carbons (Fsp3) is 0.400. The Labute approximate surface area is 152 Å². The maximum atomic E-state index is 10.9. The zero-order valence-electron chi connectivity index (χ0n) is 15.2. The van der Waals surface area contributed by atoms with E-state index in [1.165, 1.54) is 7.11 Å². The molecule has 2 heterocycles. The lowest BCUT2D eigenvalue weighted by Crippen LogP contribution is -2.39. The maximum absolute atomic E-state index is 10.9. The number of rotatable bonds is 3. The Morgan fingerprint density at radius 1 is 0.962 bits per heavy atom. The quantitative estimate of drug-likeness (QED) is 0.880. The van der Waals surface area contributed by atoms with E-state index in [9.17, 15) is 10.2 Å². The molecule has 6 heteroatoms. The highest BCUT2D eigenvalue weighted by atomic mass is 16.5. The highest BCUT2D eigenvalue weighted by Crippen LogP contribution is 2.50. The van der Waals surface area contributed by atoms with E-state index < -0.39 is 0 Å². The van der Waals surface area contributed by atoms with Gasteiger partial charge < -0.3 is 24.4 Å². The fourth-order valence-electron chi connectivity index (χ4n) is 4.24. The van der Waals surface area contributed by atoms with E-state index in [0.29, 0.717) is 30.2 Å². The molecule has 0 saturated heterocycles. The van der Waals surface area contributed by atoms with Gasteiger partial charge in [0.2, 0.25) is 5.75 Å². The van der Waals surface area contributed by atoms with Crippen molar-refractivity contribution in [3.8, 4) is 28.7 Å². The van der Waals surface area contributed by atoms with Crippen molar-refractivity contribution in [3.05, 3.63) is 40.5 Å². The van der Waals surface area contributed by atoms with E-state index in [1.807, 2.05) is 12.1 Å². The van der Waals surface area contributed by atoms with Gasteiger partial charge in [0.05, 0.1) is 21.3 Å². The molecule has 1 unspecified atom stereocenters. The van der Waals surface area contributed by atoms with Crippen LogP contribution in [0.3, 0.4) is 0 Å². The van der Waals surface area contributed by atoms with E-state index in [4.69, 9.17) is 14.2 Å². The molecular formula is C20H23NO5. The van der Waals surface area contributed by atoms with E-state index in [1.54, 1.807) is 20.3 Å². The molecule has 0 saturated carbocycles. The number of nitrogens with zero attached hydrogens (tertiary/aromatic N) is 1. The third-order valence-electron chi connectivity index (χ3n) is 5.55. The molecule has 1 atom stereocenters. The third-order valence-corrected chi connectivity index (χ3v) is 5.55. The highest BCUT2D eigenvalue weighted by Gasteiger charge is 2.37. The third kappa shape index (κ3) is 2.36. The van der Waals surface area contributed by atoms with Gasteiger partial charge in [0.25, 0.3) is 0 Å². The molecule has 6 nitrogen and oxygen atoms in total. The van der Waals surface area contributed by atoms with Crippen molar-refractivity contribution in [1.29, 1.82) is 0 Å². The molecule has 4 rings (SSSR count). The van der Waals surface area contributed by atoms with Crippen LogP contribution >= 0.6 is 0 Å². The number of benzene rings is 2. The number of phenols is 2. The predicted molar refractivity (Wildman–Crippen MR) is 96.4 cm³/mol. The maximum Gasteiger partial charge on any atom is 0.203 e. The Hall–Kier alpha value is -2.60. The average Bonchev–Trinajstić information content (AvgIpc) is 2.66. The van der Waals surface area contributed by atoms with Crippen molar-refractivity contribution in [1.82, 2.24) is 4.90 Å². The molecule has 0 aliphatic carbocycles. The highest BCUT2D eigenvalue weighted by molar-refractivity contribution is 5.61. The van der Waals surface area contributed by atoms with Gasteiger partial charge >= 0.3 is 0 Å². The summed E-state index contributed by atoms with van der Waals surface area (Å²) in [7, 11) is 4.67. The lowest BCUT2D eigenvalue weighted by Gasteiger charge is -2.42. The first-order valence-corrected chi connectivity index (χ1v) is 8.67. The molecule has 2 aliphatic rings. The number of hydrogen-bond acceptors (Lipinski definition) is 6. The molecule has 26 heavy (non-hydrogen) atoms. The molecule has 2 aromatic carbocycles. The standard InChI is InChI=1S/C20H23NO5/c1-24-15-5-4-11-8-14-17-12(6-7-21(14)10-13(11)18(15)22)9-16(25-2)20(26-3)19(17)23/h4-5,9,14,22-23H,6-8,10H2,1-3H3. The zero-order valence-corrected chi connectivity index (χ0v) is 15.2. The number of aromatic hydroxyl groups is 2. The summed E-state index contributed by atoms with van der Waals surface area (Å²) >= 11 is 0. The van der Waals surface area contributed by atoms with Crippen LogP contribution in [0.5, 0.6) is 28.7 Å². The van der Waals surface area contributed by atoms with Crippen LogP contribution in [0.1, 0.15) is 28.3 Å². The van der Waals surface area contributed by atoms with Crippen LogP contribution in [0.15, 0.2) is 18.2 Å². The van der Waals surface area contributed by atoms with Gasteiger partial charge in [0, 0.05) is 30.3 Å². The monoisotopic (exact) mass is 357 g/mol. The van der Waals surface area contributed by atoms with Crippen LogP contribution in [-0.4, -0.2) is 43.0 Å². The average molecular weight is 357 g/mol. The number of fused-ring (bicyclic) bond motifs is 4. The van der Waals surface area contributed by atoms with Crippen LogP contribution in [0.4, 0.5) is 0 Å². The Morgan fingerprint density at radius 2 is 1.73 bits per heavy atom. The van der Waals surface area contributed by atoms with Crippen molar-refractivity contribution < 1.29 is 24.4 Å². The molecule has 0 fully saturated rings. The predicted octanol–water partition coefficient (Wildman–Crippen LogP) is 2.78. The normalized spacial score (nSPS) is 18.5. The number of hydrogen-bond donors (Lipinski definition) is 2. The van der Waals surface area contributed by atoms with E-state index in [2.05, 4.69) is 4.90 Å². The summed E-state index contributed by atoms with van der Waals surface area (Å²) in [4.78, 5) is 2.29. The summed E-state index contributed by atoms with van der Waals surface area (Å²) in [6.07, 6.45) is 1.52. The van der Waals surface area contributed by atoms with Gasteiger partial charge in [-0.2, -0.15) is 0 Å². The minimum atomic E-state index is 0.0406. The Bertz CT molecular complexity index is 864. The molecule has 0 spiro atoms. The SMILES string of the molecule is COc1ccc2c(c1O)CN1CCc3cc(OC)c(OC)c(O)c3C1C2. The largest absolute Gasteiger partial charge is 0.504 e. The van der Waals surface area contributed by atoms with E-state index >= 15 is 0 Å². The molecular weight excluding hydrogens is 334 g/mol. The van der Waals surface area contributed by atoms with Gasteiger partial charge in [-0.3, -0.25) is 4.90 Å². The second kappa shape index (κ2) is 6.29. The first-order chi connectivity index (χ1) is 12.6. The Morgan fingerprint density at radius 3 is 2.42 bits per heavy atom. The summed E-state index contributed by atoms with van der Waals surface area (Å²) in [6, 6.07) is 5.80. The van der Waals surface area contributed by atoms with Crippen molar-refractivity contribution in [3.63, 3.8) is 0 Å². The molecule has 2 N–H and O–H groups in total. The van der Waals surface area contributed by atoms with Crippen LogP contribution in [0.25, 0.3) is 0 Å². The first kappa shape index (κ1) is 16.8. The summed E-state index contributed by atoms with van der Waals surface area (Å²) in [5.74, 6) is 1.78. The molecule has 138 valence electrons. The molecule has 2 aromatic rings. The van der Waals surface area contributed by atoms with Crippen molar-refractivity contribution in [2.45, 2.75) is 25.4 Å². The topological polar surface area (TPSA) is 71.4 Å². The molecule has 0 radical (unpaired) electrons. The minimum absolute atomic E-state index is 0.0406. The minimum Gasteiger partial charge on any atom is -0.504 e. The van der Waals surface area contributed by atoms with E-state index in [-0.39, 0.29) is 17.5 Å². The Balaban J connectivity index is 1.81. The second-order valence-corrected chi connectivity index (χ2v) is 6.73. The van der Waals surface area contributed by atoms with Crippen LogP contribution in [-0.2, 0) is 19.4 Å². The van der Waals surface area contributed by atoms with E-state index in [0.717, 1.165) is 35.2 Å². The summed E-state index contributed by atoms with van der Waals surface area (Å²) in [6.45, 7) is 1.47.